The molecular formula is C22H20N2. The van der Waals surface area contributed by atoms with Crippen LogP contribution in [0.1, 0.15) is 12.7 Å². The van der Waals surface area contributed by atoms with Gasteiger partial charge in [-0.05, 0) is 42.8 Å². The third-order valence-electron chi connectivity index (χ3n) is 3.93. The van der Waals surface area contributed by atoms with Crippen molar-refractivity contribution in [3.8, 4) is 5.69 Å². The predicted octanol–water partition coefficient (Wildman–Crippen LogP) is 5.73. The van der Waals surface area contributed by atoms with Crippen LogP contribution in [0.15, 0.2) is 97.6 Å². The van der Waals surface area contributed by atoms with Gasteiger partial charge in [-0.1, -0.05) is 61.7 Å². The number of fused-ring (bicyclic) bond motifs is 1. The number of aromatic nitrogens is 2. The molecule has 0 saturated carbocycles. The van der Waals surface area contributed by atoms with Gasteiger partial charge in [0, 0.05) is 11.3 Å². The maximum atomic E-state index is 4.83. The molecule has 0 aliphatic rings. The van der Waals surface area contributed by atoms with Crippen LogP contribution in [0.25, 0.3) is 22.3 Å². The summed E-state index contributed by atoms with van der Waals surface area (Å²) in [6, 6.07) is 18.3. The number of hydrogen-bond acceptors (Lipinski definition) is 1. The Morgan fingerprint density at radius 3 is 2.33 bits per heavy atom. The van der Waals surface area contributed by atoms with Gasteiger partial charge in [0.15, 0.2) is 0 Å². The van der Waals surface area contributed by atoms with E-state index in [0.717, 1.165) is 39.3 Å². The Labute approximate surface area is 142 Å². The summed E-state index contributed by atoms with van der Waals surface area (Å²) in [7, 11) is 0. The van der Waals surface area contributed by atoms with Crippen LogP contribution in [-0.4, -0.2) is 9.55 Å². The van der Waals surface area contributed by atoms with Crippen LogP contribution in [0.4, 0.5) is 0 Å². The molecule has 0 radical (unpaired) electrons. The van der Waals surface area contributed by atoms with Crippen molar-refractivity contribution in [3.05, 3.63) is 103 Å². The van der Waals surface area contributed by atoms with E-state index >= 15 is 0 Å². The van der Waals surface area contributed by atoms with E-state index in [-0.39, 0.29) is 0 Å². The summed E-state index contributed by atoms with van der Waals surface area (Å²) in [6.07, 6.45) is 3.80. The van der Waals surface area contributed by atoms with Gasteiger partial charge in [0.2, 0.25) is 0 Å². The van der Waals surface area contributed by atoms with Gasteiger partial charge < -0.3 is 0 Å². The first-order chi connectivity index (χ1) is 11.6. The molecule has 24 heavy (non-hydrogen) atoms. The van der Waals surface area contributed by atoms with Crippen molar-refractivity contribution < 1.29 is 0 Å². The van der Waals surface area contributed by atoms with E-state index in [1.807, 2.05) is 55.5 Å². The number of imidazole rings is 1. The maximum Gasteiger partial charge on any atom is 0.145 e. The van der Waals surface area contributed by atoms with Crippen LogP contribution < -0.4 is 0 Å². The van der Waals surface area contributed by atoms with Gasteiger partial charge in [-0.15, -0.1) is 0 Å². The second-order valence-electron chi connectivity index (χ2n) is 5.70. The van der Waals surface area contributed by atoms with Crippen molar-refractivity contribution in [2.45, 2.75) is 6.92 Å². The first-order valence-electron chi connectivity index (χ1n) is 7.84. The van der Waals surface area contributed by atoms with E-state index in [4.69, 9.17) is 4.98 Å². The molecule has 0 aliphatic carbocycles. The van der Waals surface area contributed by atoms with Crippen molar-refractivity contribution in [3.63, 3.8) is 0 Å². The molecule has 0 spiro atoms. The molecule has 1 heterocycles. The summed E-state index contributed by atoms with van der Waals surface area (Å²) in [6.45, 7) is 13.9. The molecular weight excluding hydrogens is 292 g/mol. The molecule has 2 heteroatoms. The first-order valence-corrected chi connectivity index (χ1v) is 7.84. The highest BCUT2D eigenvalue weighted by Gasteiger charge is 2.14. The Kier molecular flexibility index (Phi) is 4.30. The Morgan fingerprint density at radius 2 is 1.67 bits per heavy atom. The van der Waals surface area contributed by atoms with Gasteiger partial charge in [-0.2, -0.15) is 0 Å². The van der Waals surface area contributed by atoms with Gasteiger partial charge in [0.05, 0.1) is 11.0 Å². The lowest BCUT2D eigenvalue weighted by Crippen LogP contribution is -2.00. The fourth-order valence-corrected chi connectivity index (χ4v) is 2.58. The number of rotatable bonds is 5. The second-order valence-corrected chi connectivity index (χ2v) is 5.70. The minimum atomic E-state index is 0.847. The van der Waals surface area contributed by atoms with Gasteiger partial charge in [0.1, 0.15) is 5.82 Å². The zero-order valence-corrected chi connectivity index (χ0v) is 13.9. The minimum absolute atomic E-state index is 0.847. The van der Waals surface area contributed by atoms with Gasteiger partial charge in [-0.25, -0.2) is 4.98 Å². The topological polar surface area (TPSA) is 17.8 Å². The van der Waals surface area contributed by atoms with Crippen molar-refractivity contribution in [2.75, 3.05) is 0 Å². The molecule has 0 saturated heterocycles. The number of benzene rings is 2. The van der Waals surface area contributed by atoms with Gasteiger partial charge in [0.25, 0.3) is 0 Å². The third kappa shape index (κ3) is 2.86. The molecule has 1 aromatic heterocycles. The lowest BCUT2D eigenvalue weighted by molar-refractivity contribution is 1.06. The Bertz CT molecular complexity index is 956. The lowest BCUT2D eigenvalue weighted by Gasteiger charge is -2.10. The van der Waals surface area contributed by atoms with Crippen LogP contribution in [0, 0.1) is 0 Å². The summed E-state index contributed by atoms with van der Waals surface area (Å²) in [5, 5.41) is 0. The SMILES string of the molecule is C=C/C(=C\C(=C)C(=C)C)c1nc2ccccc2n1-c1ccccc1. The van der Waals surface area contributed by atoms with E-state index in [1.54, 1.807) is 0 Å². The van der Waals surface area contributed by atoms with Crippen LogP contribution >= 0.6 is 0 Å². The number of para-hydroxylation sites is 3. The van der Waals surface area contributed by atoms with E-state index in [0.29, 0.717) is 0 Å². The molecule has 0 fully saturated rings. The standard InChI is InChI=1S/C22H20N2/c1-5-18(15-17(4)16(2)3)22-23-20-13-9-10-14-21(20)24(22)19-11-7-6-8-12-19/h5-15H,1-2,4H2,3H3/b18-15+. The molecule has 0 atom stereocenters. The smallest absolute Gasteiger partial charge is 0.145 e. The molecule has 118 valence electrons. The molecule has 3 rings (SSSR count). The van der Waals surface area contributed by atoms with Gasteiger partial charge >= 0.3 is 0 Å². The fourth-order valence-electron chi connectivity index (χ4n) is 2.58. The largest absolute Gasteiger partial charge is 0.292 e. The van der Waals surface area contributed by atoms with E-state index in [2.05, 4.69) is 42.5 Å². The summed E-state index contributed by atoms with van der Waals surface area (Å²) in [5.74, 6) is 0.847. The highest BCUT2D eigenvalue weighted by atomic mass is 15.1. The number of nitrogens with zero attached hydrogens (tertiary/aromatic N) is 2. The Morgan fingerprint density at radius 1 is 1.00 bits per heavy atom. The summed E-state index contributed by atoms with van der Waals surface area (Å²) >= 11 is 0. The van der Waals surface area contributed by atoms with E-state index < -0.39 is 0 Å². The lowest BCUT2D eigenvalue weighted by atomic mass is 10.1. The molecule has 0 unspecified atom stereocenters. The highest BCUT2D eigenvalue weighted by Crippen LogP contribution is 2.27. The van der Waals surface area contributed by atoms with Gasteiger partial charge in [-0.3, -0.25) is 4.57 Å². The van der Waals surface area contributed by atoms with Crippen LogP contribution in [-0.2, 0) is 0 Å². The first kappa shape index (κ1) is 15.8. The molecule has 0 bridgehead atoms. The van der Waals surface area contributed by atoms with Crippen molar-refractivity contribution in [2.24, 2.45) is 0 Å². The molecule has 2 nitrogen and oxygen atoms in total. The molecule has 3 aromatic rings. The Hall–Kier alpha value is -3.13. The van der Waals surface area contributed by atoms with E-state index in [9.17, 15) is 0 Å². The monoisotopic (exact) mass is 312 g/mol. The van der Waals surface area contributed by atoms with Crippen LogP contribution in [0.3, 0.4) is 0 Å². The summed E-state index contributed by atoms with van der Waals surface area (Å²) < 4.78 is 2.15. The average Bonchev–Trinajstić information content (AvgIpc) is 2.99. The Balaban J connectivity index is 2.30. The normalized spacial score (nSPS) is 11.5. The van der Waals surface area contributed by atoms with Crippen molar-refractivity contribution >= 4 is 16.6 Å². The van der Waals surface area contributed by atoms with E-state index in [1.165, 1.54) is 0 Å². The van der Waals surface area contributed by atoms with Crippen LogP contribution in [0.2, 0.25) is 0 Å². The number of allylic oxidation sites excluding steroid dienone is 5. The highest BCUT2D eigenvalue weighted by molar-refractivity contribution is 5.85. The fraction of sp³-hybridized carbons (Fsp3) is 0.0455. The van der Waals surface area contributed by atoms with Crippen molar-refractivity contribution in [1.29, 1.82) is 0 Å². The van der Waals surface area contributed by atoms with Crippen LogP contribution in [0.5, 0.6) is 0 Å². The predicted molar refractivity (Wildman–Crippen MR) is 103 cm³/mol. The molecule has 0 amide bonds. The quantitative estimate of drug-likeness (QED) is 0.550. The molecule has 0 aliphatic heterocycles. The minimum Gasteiger partial charge on any atom is -0.292 e. The maximum absolute atomic E-state index is 4.83. The second kappa shape index (κ2) is 6.55. The summed E-state index contributed by atoms with van der Waals surface area (Å²) in [4.78, 5) is 4.83. The number of hydrogen-bond donors (Lipinski definition) is 0. The molecule has 2 aromatic carbocycles. The zero-order chi connectivity index (χ0) is 17.1. The third-order valence-corrected chi connectivity index (χ3v) is 3.93. The average molecular weight is 312 g/mol. The summed E-state index contributed by atoms with van der Waals surface area (Å²) in [5.41, 5.74) is 5.80. The molecule has 0 N–H and O–H groups in total. The van der Waals surface area contributed by atoms with Crippen molar-refractivity contribution in [1.82, 2.24) is 9.55 Å². The zero-order valence-electron chi connectivity index (χ0n) is 13.9.